The molecule has 0 aliphatic heterocycles. The molecular formula is C11H25NO3. The lowest BCUT2D eigenvalue weighted by atomic mass is 10.2. The molecule has 0 aliphatic rings. The largest absolute Gasteiger partial charge is 0.395 e. The fourth-order valence-corrected chi connectivity index (χ4v) is 1.33. The second kappa shape index (κ2) is 10.4. The highest BCUT2D eigenvalue weighted by atomic mass is 16.7. The second-order valence-electron chi connectivity index (χ2n) is 3.37. The van der Waals surface area contributed by atoms with Crippen LogP contribution in [0.25, 0.3) is 0 Å². The summed E-state index contributed by atoms with van der Waals surface area (Å²) >= 11 is 0. The Balaban J connectivity index is 3.59. The first-order valence-electron chi connectivity index (χ1n) is 5.85. The topological polar surface area (TPSA) is 50.7 Å². The summed E-state index contributed by atoms with van der Waals surface area (Å²) in [6.45, 7) is 8.30. The van der Waals surface area contributed by atoms with Gasteiger partial charge in [0, 0.05) is 32.2 Å². The van der Waals surface area contributed by atoms with Crippen LogP contribution in [0.2, 0.25) is 0 Å². The molecule has 0 aromatic rings. The fraction of sp³-hybridized carbons (Fsp3) is 1.00. The first-order chi connectivity index (χ1) is 7.28. The SMILES string of the molecule is CCOC(CCNC(CC)CO)OCC. The highest BCUT2D eigenvalue weighted by Crippen LogP contribution is 2.00. The summed E-state index contributed by atoms with van der Waals surface area (Å²) in [5.74, 6) is 0. The van der Waals surface area contributed by atoms with Crippen LogP contribution in [0.3, 0.4) is 0 Å². The van der Waals surface area contributed by atoms with Crippen LogP contribution < -0.4 is 5.32 Å². The van der Waals surface area contributed by atoms with Crippen molar-refractivity contribution in [2.75, 3.05) is 26.4 Å². The minimum absolute atomic E-state index is 0.122. The molecular weight excluding hydrogens is 194 g/mol. The van der Waals surface area contributed by atoms with Gasteiger partial charge in [-0.2, -0.15) is 0 Å². The number of hydrogen-bond donors (Lipinski definition) is 2. The van der Waals surface area contributed by atoms with Crippen LogP contribution in [0.5, 0.6) is 0 Å². The molecule has 2 N–H and O–H groups in total. The molecule has 0 aliphatic carbocycles. The Hall–Kier alpha value is -0.160. The summed E-state index contributed by atoms with van der Waals surface area (Å²) < 4.78 is 10.8. The number of aliphatic hydroxyl groups excluding tert-OH is 1. The van der Waals surface area contributed by atoms with E-state index in [0.29, 0.717) is 13.2 Å². The van der Waals surface area contributed by atoms with E-state index in [2.05, 4.69) is 12.2 Å². The van der Waals surface area contributed by atoms with E-state index >= 15 is 0 Å². The van der Waals surface area contributed by atoms with Gasteiger partial charge >= 0.3 is 0 Å². The van der Waals surface area contributed by atoms with Gasteiger partial charge in [0.15, 0.2) is 6.29 Å². The number of ether oxygens (including phenoxy) is 2. The fourth-order valence-electron chi connectivity index (χ4n) is 1.33. The Bertz CT molecular complexity index is 123. The standard InChI is InChI=1S/C11H25NO3/c1-4-10(9-13)12-8-7-11(14-5-2)15-6-3/h10-13H,4-9H2,1-3H3. The van der Waals surface area contributed by atoms with Crippen molar-refractivity contribution in [3.63, 3.8) is 0 Å². The third-order valence-electron chi connectivity index (χ3n) is 2.23. The monoisotopic (exact) mass is 219 g/mol. The first kappa shape index (κ1) is 14.8. The van der Waals surface area contributed by atoms with E-state index in [1.54, 1.807) is 0 Å². The molecule has 15 heavy (non-hydrogen) atoms. The van der Waals surface area contributed by atoms with Crippen LogP contribution >= 0.6 is 0 Å². The van der Waals surface area contributed by atoms with Gasteiger partial charge in [0.2, 0.25) is 0 Å². The summed E-state index contributed by atoms with van der Waals surface area (Å²) in [5.41, 5.74) is 0. The van der Waals surface area contributed by atoms with Gasteiger partial charge in [-0.15, -0.1) is 0 Å². The molecule has 0 fully saturated rings. The van der Waals surface area contributed by atoms with Crippen LogP contribution in [0.15, 0.2) is 0 Å². The predicted molar refractivity (Wildman–Crippen MR) is 60.8 cm³/mol. The predicted octanol–water partition coefficient (Wildman–Crippen LogP) is 1.14. The minimum atomic E-state index is -0.122. The number of rotatable bonds is 10. The van der Waals surface area contributed by atoms with Crippen LogP contribution in [0.1, 0.15) is 33.6 Å². The average Bonchev–Trinajstić information content (AvgIpc) is 2.25. The van der Waals surface area contributed by atoms with E-state index in [0.717, 1.165) is 19.4 Å². The summed E-state index contributed by atoms with van der Waals surface area (Å²) in [7, 11) is 0. The molecule has 0 saturated heterocycles. The van der Waals surface area contributed by atoms with Crippen LogP contribution in [0.4, 0.5) is 0 Å². The van der Waals surface area contributed by atoms with E-state index in [1.807, 2.05) is 13.8 Å². The van der Waals surface area contributed by atoms with Crippen molar-refractivity contribution in [2.45, 2.75) is 45.9 Å². The Labute approximate surface area is 93.0 Å². The lowest BCUT2D eigenvalue weighted by Gasteiger charge is -2.19. The lowest BCUT2D eigenvalue weighted by Crippen LogP contribution is -2.34. The van der Waals surface area contributed by atoms with E-state index in [9.17, 15) is 0 Å². The molecule has 0 aromatic carbocycles. The summed E-state index contributed by atoms with van der Waals surface area (Å²) in [4.78, 5) is 0. The molecule has 4 nitrogen and oxygen atoms in total. The van der Waals surface area contributed by atoms with Crippen molar-refractivity contribution in [2.24, 2.45) is 0 Å². The molecule has 1 unspecified atom stereocenters. The minimum Gasteiger partial charge on any atom is -0.395 e. The van der Waals surface area contributed by atoms with Crippen molar-refractivity contribution in [3.05, 3.63) is 0 Å². The van der Waals surface area contributed by atoms with E-state index in [-0.39, 0.29) is 18.9 Å². The third kappa shape index (κ3) is 7.73. The molecule has 1 atom stereocenters. The molecule has 0 aromatic heterocycles. The molecule has 92 valence electrons. The molecule has 0 spiro atoms. The highest BCUT2D eigenvalue weighted by Gasteiger charge is 2.09. The summed E-state index contributed by atoms with van der Waals surface area (Å²) in [6, 6.07) is 0.189. The van der Waals surface area contributed by atoms with Crippen LogP contribution in [-0.2, 0) is 9.47 Å². The molecule has 0 radical (unpaired) electrons. The smallest absolute Gasteiger partial charge is 0.158 e. The Morgan fingerprint density at radius 1 is 1.13 bits per heavy atom. The normalized spacial score (nSPS) is 13.4. The van der Waals surface area contributed by atoms with Crippen molar-refractivity contribution >= 4 is 0 Å². The first-order valence-corrected chi connectivity index (χ1v) is 5.85. The zero-order valence-electron chi connectivity index (χ0n) is 10.2. The van der Waals surface area contributed by atoms with Gasteiger partial charge < -0.3 is 19.9 Å². The third-order valence-corrected chi connectivity index (χ3v) is 2.23. The maximum absolute atomic E-state index is 8.97. The molecule has 0 amide bonds. The maximum atomic E-state index is 8.97. The Kier molecular flexibility index (Phi) is 10.3. The van der Waals surface area contributed by atoms with Crippen molar-refractivity contribution in [3.8, 4) is 0 Å². The zero-order valence-corrected chi connectivity index (χ0v) is 10.2. The van der Waals surface area contributed by atoms with Crippen LogP contribution in [-0.4, -0.2) is 43.8 Å². The average molecular weight is 219 g/mol. The molecule has 4 heteroatoms. The van der Waals surface area contributed by atoms with Gasteiger partial charge in [-0.1, -0.05) is 6.92 Å². The molecule has 0 bridgehead atoms. The Morgan fingerprint density at radius 2 is 1.73 bits per heavy atom. The zero-order chi connectivity index (χ0) is 11.5. The number of hydrogen-bond acceptors (Lipinski definition) is 4. The van der Waals surface area contributed by atoms with E-state index in [1.165, 1.54) is 0 Å². The van der Waals surface area contributed by atoms with Crippen molar-refractivity contribution in [1.82, 2.24) is 5.32 Å². The maximum Gasteiger partial charge on any atom is 0.158 e. The van der Waals surface area contributed by atoms with Crippen molar-refractivity contribution < 1.29 is 14.6 Å². The summed E-state index contributed by atoms with van der Waals surface area (Å²) in [6.07, 6.45) is 1.63. The van der Waals surface area contributed by atoms with E-state index in [4.69, 9.17) is 14.6 Å². The van der Waals surface area contributed by atoms with Gasteiger partial charge in [-0.3, -0.25) is 0 Å². The van der Waals surface area contributed by atoms with Gasteiger partial charge in [-0.25, -0.2) is 0 Å². The van der Waals surface area contributed by atoms with E-state index < -0.39 is 0 Å². The van der Waals surface area contributed by atoms with Crippen LogP contribution in [0, 0.1) is 0 Å². The molecule has 0 heterocycles. The lowest BCUT2D eigenvalue weighted by molar-refractivity contribution is -0.138. The number of aliphatic hydroxyl groups is 1. The molecule has 0 saturated carbocycles. The quantitative estimate of drug-likeness (QED) is 0.541. The van der Waals surface area contributed by atoms with Gasteiger partial charge in [0.05, 0.1) is 6.61 Å². The number of nitrogens with one attached hydrogen (secondary N) is 1. The molecule has 0 rings (SSSR count). The Morgan fingerprint density at radius 3 is 2.13 bits per heavy atom. The van der Waals surface area contributed by atoms with Gasteiger partial charge in [0.1, 0.15) is 0 Å². The summed E-state index contributed by atoms with van der Waals surface area (Å²) in [5, 5.41) is 12.2. The second-order valence-corrected chi connectivity index (χ2v) is 3.37. The van der Waals surface area contributed by atoms with Gasteiger partial charge in [-0.05, 0) is 20.3 Å². The van der Waals surface area contributed by atoms with Crippen molar-refractivity contribution in [1.29, 1.82) is 0 Å². The highest BCUT2D eigenvalue weighted by molar-refractivity contribution is 4.63. The van der Waals surface area contributed by atoms with Gasteiger partial charge in [0.25, 0.3) is 0 Å².